The number of nitrogens with one attached hydrogen (secondary N) is 2. The van der Waals surface area contributed by atoms with E-state index in [4.69, 9.17) is 9.47 Å². The van der Waals surface area contributed by atoms with Crippen LogP contribution < -0.4 is 25.0 Å². The molecule has 8 heteroatoms. The average molecular weight is 525 g/mol. The van der Waals surface area contributed by atoms with E-state index < -0.39 is 0 Å². The molecule has 0 atom stereocenters. The molecule has 1 aromatic carbocycles. The lowest BCUT2D eigenvalue weighted by atomic mass is 10.1. The Kier molecular flexibility index (Phi) is 10.5. The van der Waals surface area contributed by atoms with Gasteiger partial charge >= 0.3 is 0 Å². The fourth-order valence-corrected chi connectivity index (χ4v) is 3.28. The number of hydrogen-bond donors (Lipinski definition) is 2. The molecule has 164 valence electrons. The maximum atomic E-state index is 5.73. The van der Waals surface area contributed by atoms with Crippen molar-refractivity contribution in [3.8, 4) is 11.5 Å². The summed E-state index contributed by atoms with van der Waals surface area (Å²) in [7, 11) is 3.42. The smallest absolute Gasteiger partial charge is 0.191 e. The lowest BCUT2D eigenvalue weighted by Crippen LogP contribution is -2.39. The fraction of sp³-hybridized carbons (Fsp3) is 0.455. The van der Waals surface area contributed by atoms with E-state index in [0.29, 0.717) is 19.7 Å². The van der Waals surface area contributed by atoms with Crippen molar-refractivity contribution in [1.29, 1.82) is 0 Å². The van der Waals surface area contributed by atoms with E-state index >= 15 is 0 Å². The minimum atomic E-state index is 0. The highest BCUT2D eigenvalue weighted by Gasteiger charge is 2.12. The predicted octanol–water partition coefficient (Wildman–Crippen LogP) is 3.44. The van der Waals surface area contributed by atoms with Gasteiger partial charge in [-0.1, -0.05) is 0 Å². The third-order valence-corrected chi connectivity index (χ3v) is 4.90. The Hall–Kier alpha value is -2.23. The topological polar surface area (TPSA) is 71.0 Å². The van der Waals surface area contributed by atoms with Crippen LogP contribution in [-0.2, 0) is 6.54 Å². The summed E-state index contributed by atoms with van der Waals surface area (Å²) in [4.78, 5) is 11.2. The van der Waals surface area contributed by atoms with Gasteiger partial charge in [-0.3, -0.25) is 4.99 Å². The van der Waals surface area contributed by atoms with E-state index in [0.717, 1.165) is 36.4 Å². The molecule has 0 saturated carbocycles. The molecule has 0 bridgehead atoms. The Labute approximate surface area is 196 Å². The summed E-state index contributed by atoms with van der Waals surface area (Å²) in [5, 5.41) is 6.62. The van der Waals surface area contributed by atoms with Crippen molar-refractivity contribution in [3.05, 3.63) is 48.2 Å². The molecule has 1 aliphatic heterocycles. The molecule has 0 amide bonds. The number of rotatable bonds is 8. The monoisotopic (exact) mass is 525 g/mol. The van der Waals surface area contributed by atoms with E-state index in [1.807, 2.05) is 36.5 Å². The van der Waals surface area contributed by atoms with Crippen LogP contribution in [0.25, 0.3) is 0 Å². The number of benzene rings is 1. The van der Waals surface area contributed by atoms with Gasteiger partial charge in [0, 0.05) is 32.9 Å². The summed E-state index contributed by atoms with van der Waals surface area (Å²) >= 11 is 0. The number of aliphatic imine (C=N–C) groups is 1. The molecule has 1 fully saturated rings. The highest BCUT2D eigenvalue weighted by Crippen LogP contribution is 2.18. The summed E-state index contributed by atoms with van der Waals surface area (Å²) in [6.45, 7) is 4.09. The van der Waals surface area contributed by atoms with E-state index in [1.54, 1.807) is 14.2 Å². The standard InChI is InChI=1S/C22H31N5O2.HI/c1-23-22(25-12-15-29-20-8-6-19(28-2)7-9-20)26-17-18-10-11-24-21(16-18)27-13-4-3-5-14-27;/h6-11,16H,3-5,12-15,17H2,1-2H3,(H2,23,25,26);1H. The Morgan fingerprint density at radius 1 is 1.07 bits per heavy atom. The largest absolute Gasteiger partial charge is 0.497 e. The zero-order valence-electron chi connectivity index (χ0n) is 17.8. The number of halogens is 1. The summed E-state index contributed by atoms with van der Waals surface area (Å²) in [5.41, 5.74) is 1.19. The molecule has 0 aliphatic carbocycles. The van der Waals surface area contributed by atoms with Crippen molar-refractivity contribution >= 4 is 35.8 Å². The van der Waals surface area contributed by atoms with Gasteiger partial charge in [-0.05, 0) is 61.2 Å². The predicted molar refractivity (Wildman–Crippen MR) is 132 cm³/mol. The SMILES string of the molecule is CN=C(NCCOc1ccc(OC)cc1)NCc1ccnc(N2CCCCC2)c1.I. The first-order valence-corrected chi connectivity index (χ1v) is 10.2. The lowest BCUT2D eigenvalue weighted by molar-refractivity contribution is 0.321. The first-order chi connectivity index (χ1) is 14.3. The van der Waals surface area contributed by atoms with E-state index in [9.17, 15) is 0 Å². The minimum Gasteiger partial charge on any atom is -0.497 e. The van der Waals surface area contributed by atoms with Gasteiger partial charge in [-0.25, -0.2) is 4.98 Å². The zero-order chi connectivity index (χ0) is 20.3. The molecule has 30 heavy (non-hydrogen) atoms. The second-order valence-corrected chi connectivity index (χ2v) is 6.95. The molecule has 2 aromatic rings. The van der Waals surface area contributed by atoms with Gasteiger partial charge in [0.2, 0.25) is 0 Å². The molecule has 1 aromatic heterocycles. The number of piperidine rings is 1. The molecule has 0 radical (unpaired) electrons. The van der Waals surface area contributed by atoms with Crippen LogP contribution in [0.3, 0.4) is 0 Å². The fourth-order valence-electron chi connectivity index (χ4n) is 3.28. The highest BCUT2D eigenvalue weighted by atomic mass is 127. The van der Waals surface area contributed by atoms with Crippen LogP contribution in [0.15, 0.2) is 47.6 Å². The number of guanidine groups is 1. The second kappa shape index (κ2) is 13.1. The molecule has 0 unspecified atom stereocenters. The first-order valence-electron chi connectivity index (χ1n) is 10.2. The van der Waals surface area contributed by atoms with Gasteiger partial charge in [0.15, 0.2) is 5.96 Å². The highest BCUT2D eigenvalue weighted by molar-refractivity contribution is 14.0. The van der Waals surface area contributed by atoms with Crippen molar-refractivity contribution in [3.63, 3.8) is 0 Å². The number of methoxy groups -OCH3 is 1. The summed E-state index contributed by atoms with van der Waals surface area (Å²) in [6.07, 6.45) is 5.71. The molecular formula is C22H32IN5O2. The van der Waals surface area contributed by atoms with Crippen molar-refractivity contribution in [2.45, 2.75) is 25.8 Å². The number of anilines is 1. The molecule has 1 saturated heterocycles. The Morgan fingerprint density at radius 3 is 2.50 bits per heavy atom. The van der Waals surface area contributed by atoms with Gasteiger partial charge in [-0.15, -0.1) is 24.0 Å². The Bertz CT molecular complexity index is 779. The van der Waals surface area contributed by atoms with Gasteiger partial charge in [-0.2, -0.15) is 0 Å². The normalized spacial score (nSPS) is 13.9. The van der Waals surface area contributed by atoms with Gasteiger partial charge in [0.05, 0.1) is 13.7 Å². The molecule has 2 heterocycles. The van der Waals surface area contributed by atoms with E-state index in [1.165, 1.54) is 24.8 Å². The van der Waals surface area contributed by atoms with Gasteiger partial charge in [0.25, 0.3) is 0 Å². The number of nitrogens with zero attached hydrogens (tertiary/aromatic N) is 3. The maximum absolute atomic E-state index is 5.73. The minimum absolute atomic E-state index is 0. The molecule has 3 rings (SSSR count). The van der Waals surface area contributed by atoms with Crippen molar-refractivity contribution < 1.29 is 9.47 Å². The summed E-state index contributed by atoms with van der Waals surface area (Å²) in [6, 6.07) is 11.8. The van der Waals surface area contributed by atoms with Crippen LogP contribution in [0.2, 0.25) is 0 Å². The second-order valence-electron chi connectivity index (χ2n) is 6.95. The van der Waals surface area contributed by atoms with Crippen LogP contribution in [0.4, 0.5) is 5.82 Å². The quantitative estimate of drug-likeness (QED) is 0.238. The van der Waals surface area contributed by atoms with Crippen molar-refractivity contribution in [1.82, 2.24) is 15.6 Å². The molecule has 2 N–H and O–H groups in total. The number of pyridine rings is 1. The maximum Gasteiger partial charge on any atom is 0.191 e. The van der Waals surface area contributed by atoms with E-state index in [-0.39, 0.29) is 24.0 Å². The molecule has 7 nitrogen and oxygen atoms in total. The van der Waals surface area contributed by atoms with Crippen molar-refractivity contribution in [2.75, 3.05) is 45.3 Å². The summed E-state index contributed by atoms with van der Waals surface area (Å²) < 4.78 is 10.9. The number of ether oxygens (including phenoxy) is 2. The first kappa shape index (κ1) is 24.0. The Morgan fingerprint density at radius 2 is 1.80 bits per heavy atom. The van der Waals surface area contributed by atoms with Crippen LogP contribution in [0.5, 0.6) is 11.5 Å². The van der Waals surface area contributed by atoms with Crippen LogP contribution >= 0.6 is 24.0 Å². The van der Waals surface area contributed by atoms with Crippen LogP contribution in [0, 0.1) is 0 Å². The third kappa shape index (κ3) is 7.55. The Balaban J connectivity index is 0.00000320. The summed E-state index contributed by atoms with van der Waals surface area (Å²) in [5.74, 6) is 3.46. The van der Waals surface area contributed by atoms with Crippen molar-refractivity contribution in [2.24, 2.45) is 4.99 Å². The average Bonchev–Trinajstić information content (AvgIpc) is 2.80. The van der Waals surface area contributed by atoms with Crippen LogP contribution in [-0.4, -0.2) is 51.3 Å². The molecule has 0 spiro atoms. The number of aromatic nitrogens is 1. The lowest BCUT2D eigenvalue weighted by Gasteiger charge is -2.28. The number of hydrogen-bond acceptors (Lipinski definition) is 5. The van der Waals surface area contributed by atoms with Gasteiger partial charge in [0.1, 0.15) is 23.9 Å². The third-order valence-electron chi connectivity index (χ3n) is 4.90. The molecule has 1 aliphatic rings. The van der Waals surface area contributed by atoms with E-state index in [2.05, 4.69) is 31.6 Å². The zero-order valence-corrected chi connectivity index (χ0v) is 20.1. The van der Waals surface area contributed by atoms with Crippen LogP contribution in [0.1, 0.15) is 24.8 Å². The molecular weight excluding hydrogens is 493 g/mol. The van der Waals surface area contributed by atoms with Gasteiger partial charge < -0.3 is 25.0 Å².